The molecule has 4 atom stereocenters. The molecular formula is C79H82N4O8. The lowest BCUT2D eigenvalue weighted by atomic mass is 9.70. The van der Waals surface area contributed by atoms with E-state index in [4.69, 9.17) is 37.9 Å². The van der Waals surface area contributed by atoms with Crippen LogP contribution in [0, 0.1) is 0 Å². The Morgan fingerprint density at radius 1 is 0.516 bits per heavy atom. The fourth-order valence-corrected chi connectivity index (χ4v) is 13.6. The molecule has 12 heteroatoms. The molecule has 11 rings (SSSR count). The van der Waals surface area contributed by atoms with Crippen LogP contribution in [0.4, 0.5) is 45.5 Å². The third kappa shape index (κ3) is 11.7. The number of ether oxygens (including phenoxy) is 8. The Bertz CT molecular complexity index is 3950. The smallest absolute Gasteiger partial charge is 0.161 e. The van der Waals surface area contributed by atoms with Gasteiger partial charge in [0.05, 0.1) is 48.4 Å². The highest BCUT2D eigenvalue weighted by molar-refractivity contribution is 5.91. The Morgan fingerprint density at radius 3 is 1.42 bits per heavy atom. The van der Waals surface area contributed by atoms with Gasteiger partial charge in [0.25, 0.3) is 0 Å². The molecule has 8 aromatic carbocycles. The molecule has 0 radical (unpaired) electrons. The molecule has 1 spiro atoms. The van der Waals surface area contributed by atoms with E-state index in [1.54, 1.807) is 56.9 Å². The molecule has 0 saturated heterocycles. The maximum Gasteiger partial charge on any atom is 0.161 e. The summed E-state index contributed by atoms with van der Waals surface area (Å²) in [4.78, 5) is 9.19. The van der Waals surface area contributed by atoms with E-state index >= 15 is 0 Å². The predicted molar refractivity (Wildman–Crippen MR) is 370 cm³/mol. The van der Waals surface area contributed by atoms with E-state index < -0.39 is 16.6 Å². The van der Waals surface area contributed by atoms with Crippen molar-refractivity contribution in [1.82, 2.24) is 0 Å². The number of anilines is 8. The first kappa shape index (κ1) is 62.7. The van der Waals surface area contributed by atoms with Crippen LogP contribution in [-0.4, -0.2) is 68.8 Å². The zero-order valence-electron chi connectivity index (χ0n) is 54.2. The summed E-state index contributed by atoms with van der Waals surface area (Å²) in [6.45, 7) is 15.2. The van der Waals surface area contributed by atoms with E-state index in [9.17, 15) is 0 Å². The highest BCUT2D eigenvalue weighted by Gasteiger charge is 2.56. The van der Waals surface area contributed by atoms with Gasteiger partial charge in [0, 0.05) is 94.8 Å². The molecule has 0 aromatic heterocycles. The lowest BCUT2D eigenvalue weighted by molar-refractivity contribution is 0.0549. The third-order valence-electron chi connectivity index (χ3n) is 18.4. The Labute approximate surface area is 537 Å². The molecule has 91 heavy (non-hydrogen) atoms. The molecule has 12 nitrogen and oxygen atoms in total. The molecule has 0 N–H and O–H groups in total. The maximum atomic E-state index is 6.48. The summed E-state index contributed by atoms with van der Waals surface area (Å²) >= 11 is 0. The Kier molecular flexibility index (Phi) is 18.4. The molecule has 3 aliphatic rings. The summed E-state index contributed by atoms with van der Waals surface area (Å²) in [6, 6.07) is 62.0. The zero-order chi connectivity index (χ0) is 64.0. The summed E-state index contributed by atoms with van der Waals surface area (Å²) in [5, 5.41) is 0. The number of rotatable bonds is 25. The first-order valence-electron chi connectivity index (χ1n) is 30.7. The lowest BCUT2D eigenvalue weighted by Gasteiger charge is -2.40. The van der Waals surface area contributed by atoms with Gasteiger partial charge in [-0.15, -0.1) is 6.58 Å². The molecular weight excluding hydrogens is 1130 g/mol. The second-order valence-corrected chi connectivity index (χ2v) is 23.3. The van der Waals surface area contributed by atoms with Crippen LogP contribution in [0.5, 0.6) is 28.7 Å². The highest BCUT2D eigenvalue weighted by Crippen LogP contribution is 2.65. The highest BCUT2D eigenvalue weighted by atomic mass is 16.5. The summed E-state index contributed by atoms with van der Waals surface area (Å²) in [6.07, 6.45) is 17.3. The minimum Gasteiger partial charge on any atom is -0.501 e. The molecule has 466 valence electrons. The van der Waals surface area contributed by atoms with Gasteiger partial charge < -0.3 is 57.5 Å². The van der Waals surface area contributed by atoms with Crippen LogP contribution in [0.3, 0.4) is 0 Å². The number of hydrogen-bond donors (Lipinski definition) is 0. The van der Waals surface area contributed by atoms with Crippen molar-refractivity contribution in [2.45, 2.75) is 69.2 Å². The topological polar surface area (TPSA) is 86.8 Å². The van der Waals surface area contributed by atoms with Crippen molar-refractivity contribution in [3.05, 3.63) is 271 Å². The number of methoxy groups -OCH3 is 8. The molecule has 0 aliphatic heterocycles. The molecule has 3 aliphatic carbocycles. The average Bonchev–Trinajstić information content (AvgIpc) is 1.51. The number of hydrogen-bond acceptors (Lipinski definition) is 12. The number of nitrogens with zero attached hydrogens (tertiary/aromatic N) is 4. The van der Waals surface area contributed by atoms with Crippen LogP contribution >= 0.6 is 0 Å². The van der Waals surface area contributed by atoms with Gasteiger partial charge >= 0.3 is 0 Å². The Balaban J connectivity index is 1.21. The Morgan fingerprint density at radius 2 is 0.978 bits per heavy atom. The van der Waals surface area contributed by atoms with Crippen molar-refractivity contribution in [3.8, 4) is 39.9 Å². The van der Waals surface area contributed by atoms with Crippen LogP contribution in [-0.2, 0) is 25.0 Å². The van der Waals surface area contributed by atoms with Gasteiger partial charge in [0.15, 0.2) is 5.72 Å². The molecule has 0 bridgehead atoms. The van der Waals surface area contributed by atoms with Crippen LogP contribution in [0.1, 0.15) is 68.7 Å². The van der Waals surface area contributed by atoms with Crippen LogP contribution in [0.25, 0.3) is 11.1 Å². The third-order valence-corrected chi connectivity index (χ3v) is 18.4. The summed E-state index contributed by atoms with van der Waals surface area (Å²) in [7, 11) is 13.7. The monoisotopic (exact) mass is 1210 g/mol. The second kappa shape index (κ2) is 26.7. The minimum absolute atomic E-state index is 0.366. The molecule has 0 fully saturated rings. The van der Waals surface area contributed by atoms with Gasteiger partial charge in [-0.25, -0.2) is 0 Å². The van der Waals surface area contributed by atoms with E-state index in [0.717, 1.165) is 121 Å². The fourth-order valence-electron chi connectivity index (χ4n) is 13.6. The molecule has 0 amide bonds. The van der Waals surface area contributed by atoms with E-state index in [1.165, 1.54) is 16.7 Å². The normalized spacial score (nSPS) is 17.3. The first-order valence-corrected chi connectivity index (χ1v) is 30.7. The minimum atomic E-state index is -0.988. The van der Waals surface area contributed by atoms with Crippen molar-refractivity contribution in [1.29, 1.82) is 0 Å². The second-order valence-electron chi connectivity index (χ2n) is 23.3. The number of benzene rings is 8. The van der Waals surface area contributed by atoms with Gasteiger partial charge in [-0.05, 0) is 242 Å². The zero-order valence-corrected chi connectivity index (χ0v) is 54.2. The molecule has 0 saturated carbocycles. The number of allylic oxidation sites excluding steroid dienone is 7. The Hall–Kier alpha value is -9.88. The predicted octanol–water partition coefficient (Wildman–Crippen LogP) is 18.7. The van der Waals surface area contributed by atoms with Crippen molar-refractivity contribution in [3.63, 3.8) is 0 Å². The lowest BCUT2D eigenvalue weighted by Crippen LogP contribution is -2.43. The van der Waals surface area contributed by atoms with Crippen LogP contribution in [0.2, 0.25) is 0 Å². The van der Waals surface area contributed by atoms with Crippen molar-refractivity contribution in [2.75, 3.05) is 76.5 Å². The van der Waals surface area contributed by atoms with Gasteiger partial charge in [0.1, 0.15) is 35.0 Å². The SMILES string of the molecule is C=CCC(OC)N(C1=CC=C(OC)CC1)c1ccc2c(c1)C1(CC2(C)/C=C\C(=C/C)N(c2ccc(OC)cc2)c2ccc(OC)cc2)c2cc(N(c3ccc(OC)cc3)c3ccc(OC)cc3)ccc2-c2ccc(N(c3ccc(OC)cc3)C(C)(C=C)OC)cc21. The van der Waals surface area contributed by atoms with Gasteiger partial charge in [0.2, 0.25) is 0 Å². The van der Waals surface area contributed by atoms with Crippen LogP contribution < -0.4 is 43.3 Å². The number of fused-ring (bicyclic) bond motifs is 7. The summed E-state index contributed by atoms with van der Waals surface area (Å²) in [5.41, 5.74) is 14.3. The fraction of sp³-hybridized carbons (Fsp3) is 0.241. The largest absolute Gasteiger partial charge is 0.501 e. The van der Waals surface area contributed by atoms with Crippen molar-refractivity contribution < 1.29 is 37.9 Å². The van der Waals surface area contributed by atoms with E-state index in [-0.39, 0.29) is 6.23 Å². The average molecular weight is 1220 g/mol. The maximum absolute atomic E-state index is 6.48. The van der Waals surface area contributed by atoms with Gasteiger partial charge in [-0.3, -0.25) is 0 Å². The van der Waals surface area contributed by atoms with E-state index in [1.807, 2.05) is 72.8 Å². The molecule has 4 unspecified atom stereocenters. The standard InChI is InChI=1S/C79H82N4O8/c1-14-17-76(90-12)82(59-26-41-68(88-10)42-27-59)62-32-47-72-75(51-62)79(53-77(72,4)49-48-54(15-2)80(55-18-33-64(84-6)34-19-55)56-20-35-65(85-7)36-21-56)73-50-61(81(57-22-37-66(86-8)38-23-57)58-24-39-67(87-9)40-25-58)30-45-70(73)71-46-31-63(52-74(71)79)83(78(5,16-3)91-13)60-28-43-69(89-11)44-29-60/h14-16,18-26,28-41,43-52,76H,1,3,17,27,42,53H2,2,4-13H3/b49-48-,54-15+. The van der Waals surface area contributed by atoms with Crippen LogP contribution in [0.15, 0.2) is 249 Å². The van der Waals surface area contributed by atoms with Crippen molar-refractivity contribution >= 4 is 45.5 Å². The quantitative estimate of drug-likeness (QED) is 0.0310. The summed E-state index contributed by atoms with van der Waals surface area (Å²) < 4.78 is 47.2. The summed E-state index contributed by atoms with van der Waals surface area (Å²) in [5.74, 6) is 4.76. The van der Waals surface area contributed by atoms with Gasteiger partial charge in [-0.1, -0.05) is 49.9 Å². The van der Waals surface area contributed by atoms with E-state index in [2.05, 4.69) is 199 Å². The molecule has 0 heterocycles. The van der Waals surface area contributed by atoms with E-state index in [0.29, 0.717) is 12.8 Å². The van der Waals surface area contributed by atoms with Crippen molar-refractivity contribution in [2.24, 2.45) is 0 Å². The molecule has 8 aromatic rings. The van der Waals surface area contributed by atoms with Gasteiger partial charge in [-0.2, -0.15) is 0 Å². The first-order chi connectivity index (χ1) is 44.3.